The number of rotatable bonds is 3. The number of amides is 1. The SMILES string of the molecule is CSc1ccccc1Nc1cc2c(cc1N)CC(=O)N2. The third-order valence-corrected chi connectivity index (χ3v) is 4.07. The first-order valence-corrected chi connectivity index (χ1v) is 7.52. The van der Waals surface area contributed by atoms with Crippen molar-refractivity contribution in [3.05, 3.63) is 42.0 Å². The average molecular weight is 285 g/mol. The highest BCUT2D eigenvalue weighted by Gasteiger charge is 2.19. The number of benzene rings is 2. The van der Waals surface area contributed by atoms with Crippen molar-refractivity contribution in [2.75, 3.05) is 22.6 Å². The van der Waals surface area contributed by atoms with Gasteiger partial charge >= 0.3 is 0 Å². The topological polar surface area (TPSA) is 67.1 Å². The first-order valence-electron chi connectivity index (χ1n) is 6.29. The lowest BCUT2D eigenvalue weighted by atomic mass is 10.1. The predicted molar refractivity (Wildman–Crippen MR) is 84.7 cm³/mol. The van der Waals surface area contributed by atoms with Crippen LogP contribution in [0.1, 0.15) is 5.56 Å². The zero-order valence-electron chi connectivity index (χ0n) is 11.1. The van der Waals surface area contributed by atoms with Crippen LogP contribution in [0.3, 0.4) is 0 Å². The number of carbonyl (C=O) groups is 1. The second-order valence-corrected chi connectivity index (χ2v) is 5.49. The number of hydrogen-bond acceptors (Lipinski definition) is 4. The maximum Gasteiger partial charge on any atom is 0.228 e. The molecule has 0 saturated heterocycles. The Morgan fingerprint density at radius 2 is 2.05 bits per heavy atom. The summed E-state index contributed by atoms with van der Waals surface area (Å²) in [6, 6.07) is 11.8. The Bertz CT molecular complexity index is 685. The van der Waals surface area contributed by atoms with Crippen LogP contribution in [0, 0.1) is 0 Å². The Balaban J connectivity index is 1.96. The van der Waals surface area contributed by atoms with E-state index in [1.165, 1.54) is 0 Å². The van der Waals surface area contributed by atoms with Gasteiger partial charge < -0.3 is 16.4 Å². The molecule has 1 aliphatic heterocycles. The summed E-state index contributed by atoms with van der Waals surface area (Å²) < 4.78 is 0. The zero-order chi connectivity index (χ0) is 14.1. The van der Waals surface area contributed by atoms with E-state index in [0.717, 1.165) is 27.5 Å². The molecule has 1 amide bonds. The van der Waals surface area contributed by atoms with Gasteiger partial charge in [0.15, 0.2) is 0 Å². The fourth-order valence-electron chi connectivity index (χ4n) is 2.29. The summed E-state index contributed by atoms with van der Waals surface area (Å²) in [7, 11) is 0. The van der Waals surface area contributed by atoms with Crippen LogP contribution in [0.25, 0.3) is 0 Å². The molecule has 20 heavy (non-hydrogen) atoms. The molecule has 0 spiro atoms. The summed E-state index contributed by atoms with van der Waals surface area (Å²) in [4.78, 5) is 12.6. The van der Waals surface area contributed by atoms with E-state index in [9.17, 15) is 4.79 Å². The number of carbonyl (C=O) groups excluding carboxylic acids is 1. The predicted octanol–water partition coefficient (Wildman–Crippen LogP) is 3.23. The van der Waals surface area contributed by atoms with E-state index in [4.69, 9.17) is 5.73 Å². The molecule has 0 atom stereocenters. The number of thioether (sulfide) groups is 1. The summed E-state index contributed by atoms with van der Waals surface area (Å²) in [6.07, 6.45) is 2.44. The Morgan fingerprint density at radius 3 is 2.85 bits per heavy atom. The second-order valence-electron chi connectivity index (χ2n) is 4.65. The van der Waals surface area contributed by atoms with Gasteiger partial charge in [0.2, 0.25) is 5.91 Å². The monoisotopic (exact) mass is 285 g/mol. The molecule has 5 heteroatoms. The Labute approximate surface area is 121 Å². The van der Waals surface area contributed by atoms with Gasteiger partial charge in [-0.1, -0.05) is 12.1 Å². The molecular weight excluding hydrogens is 270 g/mol. The van der Waals surface area contributed by atoms with Crippen LogP contribution in [-0.4, -0.2) is 12.2 Å². The van der Waals surface area contributed by atoms with Crippen LogP contribution in [0.15, 0.2) is 41.3 Å². The van der Waals surface area contributed by atoms with E-state index >= 15 is 0 Å². The van der Waals surface area contributed by atoms with Crippen LogP contribution in [0.2, 0.25) is 0 Å². The van der Waals surface area contributed by atoms with E-state index < -0.39 is 0 Å². The molecule has 4 nitrogen and oxygen atoms in total. The largest absolute Gasteiger partial charge is 0.397 e. The van der Waals surface area contributed by atoms with Crippen molar-refractivity contribution in [1.29, 1.82) is 0 Å². The van der Waals surface area contributed by atoms with E-state index in [1.54, 1.807) is 11.8 Å². The molecule has 0 saturated carbocycles. The number of nitrogen functional groups attached to an aromatic ring is 1. The number of para-hydroxylation sites is 1. The standard InChI is InChI=1S/C15H15N3OS/c1-20-14-5-3-2-4-11(14)17-13-8-12-9(6-10(13)16)7-15(19)18-12/h2-6,8,17H,7,16H2,1H3,(H,18,19). The molecule has 2 aromatic rings. The molecule has 3 rings (SSSR count). The van der Waals surface area contributed by atoms with Gasteiger partial charge in [-0.3, -0.25) is 4.79 Å². The maximum absolute atomic E-state index is 11.4. The van der Waals surface area contributed by atoms with Gasteiger partial charge in [0.1, 0.15) is 0 Å². The van der Waals surface area contributed by atoms with Crippen molar-refractivity contribution in [2.24, 2.45) is 0 Å². The third kappa shape index (κ3) is 2.32. The van der Waals surface area contributed by atoms with Gasteiger partial charge in [-0.05, 0) is 36.1 Å². The molecule has 0 aliphatic carbocycles. The summed E-state index contributed by atoms with van der Waals surface area (Å²) in [5, 5.41) is 6.18. The minimum absolute atomic E-state index is 0.0149. The summed E-state index contributed by atoms with van der Waals surface area (Å²) in [5.74, 6) is 0.0149. The molecule has 0 bridgehead atoms. The Morgan fingerprint density at radius 1 is 1.25 bits per heavy atom. The summed E-state index contributed by atoms with van der Waals surface area (Å²) >= 11 is 1.67. The molecule has 2 aromatic carbocycles. The van der Waals surface area contributed by atoms with Crippen LogP contribution in [-0.2, 0) is 11.2 Å². The van der Waals surface area contributed by atoms with Crippen LogP contribution in [0.4, 0.5) is 22.7 Å². The lowest BCUT2D eigenvalue weighted by Gasteiger charge is -2.14. The summed E-state index contributed by atoms with van der Waals surface area (Å²) in [5.41, 5.74) is 10.3. The van der Waals surface area contributed by atoms with Crippen LogP contribution in [0.5, 0.6) is 0 Å². The molecule has 1 heterocycles. The van der Waals surface area contributed by atoms with Gasteiger partial charge in [0, 0.05) is 10.6 Å². The van der Waals surface area contributed by atoms with Crippen molar-refractivity contribution >= 4 is 40.4 Å². The molecule has 0 aromatic heterocycles. The normalized spacial score (nSPS) is 12.9. The van der Waals surface area contributed by atoms with Crippen molar-refractivity contribution in [3.8, 4) is 0 Å². The third-order valence-electron chi connectivity index (χ3n) is 3.28. The van der Waals surface area contributed by atoms with Gasteiger partial charge in [-0.15, -0.1) is 11.8 Å². The number of anilines is 4. The van der Waals surface area contributed by atoms with Crippen molar-refractivity contribution in [3.63, 3.8) is 0 Å². The second kappa shape index (κ2) is 5.09. The van der Waals surface area contributed by atoms with Crippen molar-refractivity contribution < 1.29 is 4.79 Å². The van der Waals surface area contributed by atoms with Gasteiger partial charge in [-0.2, -0.15) is 0 Å². The minimum atomic E-state index is 0.0149. The molecule has 0 radical (unpaired) electrons. The Kier molecular flexibility index (Phi) is 3.28. The van der Waals surface area contributed by atoms with E-state index in [0.29, 0.717) is 12.1 Å². The first-order chi connectivity index (χ1) is 9.67. The highest BCUT2D eigenvalue weighted by Crippen LogP contribution is 2.35. The summed E-state index contributed by atoms with van der Waals surface area (Å²) in [6.45, 7) is 0. The van der Waals surface area contributed by atoms with Crippen LogP contribution >= 0.6 is 11.8 Å². The Hall–Kier alpha value is -2.14. The van der Waals surface area contributed by atoms with Gasteiger partial charge in [0.25, 0.3) is 0 Å². The number of hydrogen-bond donors (Lipinski definition) is 3. The van der Waals surface area contributed by atoms with Crippen molar-refractivity contribution in [2.45, 2.75) is 11.3 Å². The lowest BCUT2D eigenvalue weighted by Crippen LogP contribution is -2.03. The van der Waals surface area contributed by atoms with Gasteiger partial charge in [0.05, 0.1) is 23.5 Å². The maximum atomic E-state index is 11.4. The first kappa shape index (κ1) is 12.9. The number of fused-ring (bicyclic) bond motifs is 1. The van der Waals surface area contributed by atoms with Crippen LogP contribution < -0.4 is 16.4 Å². The molecule has 0 unspecified atom stereocenters. The quantitative estimate of drug-likeness (QED) is 0.598. The molecule has 1 aliphatic rings. The van der Waals surface area contributed by atoms with Gasteiger partial charge in [-0.25, -0.2) is 0 Å². The minimum Gasteiger partial charge on any atom is -0.397 e. The lowest BCUT2D eigenvalue weighted by molar-refractivity contribution is -0.115. The smallest absolute Gasteiger partial charge is 0.228 e. The average Bonchev–Trinajstić information content (AvgIpc) is 2.79. The molecule has 102 valence electrons. The fourth-order valence-corrected chi connectivity index (χ4v) is 2.85. The van der Waals surface area contributed by atoms with Crippen molar-refractivity contribution in [1.82, 2.24) is 0 Å². The molecule has 0 fully saturated rings. The van der Waals surface area contributed by atoms with E-state index in [1.807, 2.05) is 36.6 Å². The molecule has 4 N–H and O–H groups in total. The zero-order valence-corrected chi connectivity index (χ0v) is 11.9. The highest BCUT2D eigenvalue weighted by atomic mass is 32.2. The molecular formula is C15H15N3OS. The van der Waals surface area contributed by atoms with E-state index in [2.05, 4.69) is 16.7 Å². The number of nitrogens with one attached hydrogen (secondary N) is 2. The van der Waals surface area contributed by atoms with E-state index in [-0.39, 0.29) is 5.91 Å². The number of nitrogens with two attached hydrogens (primary N) is 1. The highest BCUT2D eigenvalue weighted by molar-refractivity contribution is 7.98. The fraction of sp³-hybridized carbons (Fsp3) is 0.133.